The second-order valence-electron chi connectivity index (χ2n) is 3.42. The van der Waals surface area contributed by atoms with Crippen LogP contribution in [0.5, 0.6) is 0 Å². The first-order valence-corrected chi connectivity index (χ1v) is 12.2. The van der Waals surface area contributed by atoms with Crippen LogP contribution in [0.2, 0.25) is 17.3 Å². The summed E-state index contributed by atoms with van der Waals surface area (Å²) in [7, 11) is 3.75. The predicted molar refractivity (Wildman–Crippen MR) is 75.8 cm³/mol. The minimum Gasteiger partial charge on any atom is 4.00 e. The first-order valence-electron chi connectivity index (χ1n) is 4.83. The quantitative estimate of drug-likeness (QED) is 0.459. The monoisotopic (exact) mass is 453 g/mol. The standard InChI is InChI=1S/C8H13Ge.3CH4N.Hf/c1-9(2,3)8-6-4-5-7-8;3*1-2;/h4-7H,1-3H3;3*2H,1H3;/q4*-1;+4. The van der Waals surface area contributed by atoms with Crippen molar-refractivity contribution in [3.63, 3.8) is 0 Å². The van der Waals surface area contributed by atoms with E-state index < -0.39 is 13.3 Å². The molecule has 0 aromatic heterocycles. The molecule has 0 amide bonds. The molecule has 3 nitrogen and oxygen atoms in total. The Balaban J connectivity index is -0.0000000900. The third-order valence-corrected chi connectivity index (χ3v) is 5.86. The predicted octanol–water partition coefficient (Wildman–Crippen LogP) is 3.95. The maximum atomic E-state index is 5.75. The molecule has 0 spiro atoms. The first kappa shape index (κ1) is 25.5. The van der Waals surface area contributed by atoms with Gasteiger partial charge < -0.3 is 17.2 Å². The SMILES string of the molecule is C[NH-].C[NH-].C[NH-].[CH3][Ge]([CH3])([CH3])[c-]1cccc1.[Hf+4]. The van der Waals surface area contributed by atoms with E-state index in [4.69, 9.17) is 17.2 Å². The minimum atomic E-state index is -1.44. The Morgan fingerprint density at radius 1 is 0.750 bits per heavy atom. The van der Waals surface area contributed by atoms with Gasteiger partial charge in [0.1, 0.15) is 0 Å². The molecule has 1 aromatic rings. The molecule has 1 rings (SSSR count). The molecule has 0 radical (unpaired) electrons. The van der Waals surface area contributed by atoms with Gasteiger partial charge in [0, 0.05) is 0 Å². The van der Waals surface area contributed by atoms with E-state index >= 15 is 0 Å². The van der Waals surface area contributed by atoms with E-state index in [0.717, 1.165) is 0 Å². The molecule has 5 heteroatoms. The Hall–Kier alpha value is 0.643. The molecule has 0 unspecified atom stereocenters. The van der Waals surface area contributed by atoms with Crippen LogP contribution in [0.3, 0.4) is 0 Å². The third-order valence-electron chi connectivity index (χ3n) is 1.53. The minimum absolute atomic E-state index is 0. The van der Waals surface area contributed by atoms with E-state index in [0.29, 0.717) is 0 Å². The van der Waals surface area contributed by atoms with Crippen molar-refractivity contribution in [3.8, 4) is 0 Å². The van der Waals surface area contributed by atoms with Gasteiger partial charge in [0.25, 0.3) is 0 Å². The van der Waals surface area contributed by atoms with Gasteiger partial charge in [-0.25, -0.2) is 0 Å². The summed E-state index contributed by atoms with van der Waals surface area (Å²) in [5.41, 5.74) is 17.2. The van der Waals surface area contributed by atoms with Gasteiger partial charge in [-0.05, 0) is 0 Å². The summed E-state index contributed by atoms with van der Waals surface area (Å²) in [6.07, 6.45) is 0. The molecule has 0 heterocycles. The van der Waals surface area contributed by atoms with Gasteiger partial charge in [-0.2, -0.15) is 21.1 Å². The molecule has 0 aliphatic carbocycles. The van der Waals surface area contributed by atoms with Crippen molar-refractivity contribution >= 4 is 17.7 Å². The maximum absolute atomic E-state index is 5.75. The van der Waals surface area contributed by atoms with Crippen LogP contribution in [0.1, 0.15) is 0 Å². The number of rotatable bonds is 1. The van der Waals surface area contributed by atoms with Crippen LogP contribution in [0.4, 0.5) is 0 Å². The molecule has 0 aliphatic rings. The van der Waals surface area contributed by atoms with Crippen LogP contribution in [0, 0.1) is 0 Å². The van der Waals surface area contributed by atoms with E-state index in [1.54, 1.807) is 4.40 Å². The maximum Gasteiger partial charge on any atom is 4.00 e. The molecule has 0 fully saturated rings. The number of hydrogen-bond acceptors (Lipinski definition) is 0. The molecule has 92 valence electrons. The van der Waals surface area contributed by atoms with Crippen molar-refractivity contribution in [3.05, 3.63) is 41.5 Å². The van der Waals surface area contributed by atoms with E-state index in [9.17, 15) is 0 Å². The second kappa shape index (κ2) is 18.0. The normalized spacial score (nSPS) is 7.81. The summed E-state index contributed by atoms with van der Waals surface area (Å²) in [5.74, 6) is 7.24. The Kier molecular flexibility index (Phi) is 28.7. The Morgan fingerprint density at radius 2 is 1.00 bits per heavy atom. The summed E-state index contributed by atoms with van der Waals surface area (Å²) in [4.78, 5) is 0. The fourth-order valence-electron chi connectivity index (χ4n) is 0.874. The van der Waals surface area contributed by atoms with Gasteiger partial charge >= 0.3 is 85.0 Å². The van der Waals surface area contributed by atoms with Crippen molar-refractivity contribution in [1.29, 1.82) is 0 Å². The van der Waals surface area contributed by atoms with Gasteiger partial charge in [-0.3, -0.25) is 0 Å². The average molecular weight is 450 g/mol. The fraction of sp³-hybridized carbons (Fsp3) is 0.545. The number of hydrogen-bond donors (Lipinski definition) is 0. The molecule has 3 N–H and O–H groups in total. The van der Waals surface area contributed by atoms with Crippen LogP contribution >= 0.6 is 0 Å². The molecular weight excluding hydrogens is 425 g/mol. The molecular formula is C11H25GeHfN3. The Morgan fingerprint density at radius 3 is 1.12 bits per heavy atom. The third kappa shape index (κ3) is 14.6. The fourth-order valence-corrected chi connectivity index (χ4v) is 3.38. The van der Waals surface area contributed by atoms with Crippen molar-refractivity contribution in [2.75, 3.05) is 21.1 Å². The molecule has 0 saturated carbocycles. The molecule has 0 atom stereocenters. The summed E-state index contributed by atoms with van der Waals surface area (Å²) in [6.45, 7) is 0. The zero-order chi connectivity index (χ0) is 12.9. The van der Waals surface area contributed by atoms with Gasteiger partial charge in [0.15, 0.2) is 0 Å². The van der Waals surface area contributed by atoms with Crippen LogP contribution in [0.25, 0.3) is 17.2 Å². The van der Waals surface area contributed by atoms with Gasteiger partial charge in [-0.15, -0.1) is 0 Å². The number of nitrogens with one attached hydrogen (secondary N) is 3. The second-order valence-corrected chi connectivity index (χ2v) is 14.1. The zero-order valence-electron chi connectivity index (χ0n) is 11.3. The molecule has 0 saturated heterocycles. The van der Waals surface area contributed by atoms with Gasteiger partial charge in [0.05, 0.1) is 0 Å². The molecule has 16 heavy (non-hydrogen) atoms. The Labute approximate surface area is 123 Å². The van der Waals surface area contributed by atoms with Crippen LogP contribution in [-0.2, 0) is 25.8 Å². The molecule has 0 aliphatic heterocycles. The largest absolute Gasteiger partial charge is 4.00 e. The summed E-state index contributed by atoms with van der Waals surface area (Å²) < 4.78 is 1.61. The smallest absolute Gasteiger partial charge is 4.00 e. The van der Waals surface area contributed by atoms with Crippen molar-refractivity contribution in [2.24, 2.45) is 0 Å². The van der Waals surface area contributed by atoms with E-state index in [2.05, 4.69) is 41.5 Å². The van der Waals surface area contributed by atoms with E-state index in [1.807, 2.05) is 0 Å². The molecule has 1 aromatic carbocycles. The Bertz CT molecular complexity index is 184. The average Bonchev–Trinajstić information content (AvgIpc) is 2.79. The van der Waals surface area contributed by atoms with Crippen LogP contribution in [0.15, 0.2) is 24.3 Å². The van der Waals surface area contributed by atoms with Crippen molar-refractivity contribution < 1.29 is 25.8 Å². The van der Waals surface area contributed by atoms with E-state index in [1.165, 1.54) is 21.1 Å². The summed E-state index contributed by atoms with van der Waals surface area (Å²) >= 11 is -1.44. The summed E-state index contributed by atoms with van der Waals surface area (Å²) in [6, 6.07) is 8.76. The topological polar surface area (TPSA) is 71.4 Å². The van der Waals surface area contributed by atoms with Crippen LogP contribution in [-0.4, -0.2) is 34.4 Å². The van der Waals surface area contributed by atoms with Gasteiger partial charge in [0.2, 0.25) is 0 Å². The van der Waals surface area contributed by atoms with E-state index in [-0.39, 0.29) is 25.8 Å². The summed E-state index contributed by atoms with van der Waals surface area (Å²) in [5, 5.41) is 0. The van der Waals surface area contributed by atoms with Gasteiger partial charge in [-0.1, -0.05) is 0 Å². The van der Waals surface area contributed by atoms with Crippen molar-refractivity contribution in [2.45, 2.75) is 17.3 Å². The zero-order valence-corrected chi connectivity index (χ0v) is 17.0. The first-order chi connectivity index (χ1) is 7.11. The molecule has 0 bridgehead atoms. The van der Waals surface area contributed by atoms with Crippen LogP contribution < -0.4 is 4.40 Å². The van der Waals surface area contributed by atoms with Crippen molar-refractivity contribution in [1.82, 2.24) is 0 Å².